The molecular weight excluding hydrogens is 203 g/mol. The van der Waals surface area contributed by atoms with E-state index in [2.05, 4.69) is 33.7 Å². The molecular formula is C6H20Al2FN3O. The van der Waals surface area contributed by atoms with Crippen molar-refractivity contribution in [2.75, 3.05) is 19.6 Å². The molecule has 0 unspecified atom stereocenters. The largest absolute Gasteiger partial charge is 0.668 e. The second-order valence-electron chi connectivity index (χ2n) is 2.41. The summed E-state index contributed by atoms with van der Waals surface area (Å²) in [5.74, 6) is 0. The Morgan fingerprint density at radius 3 is 2.00 bits per heavy atom. The van der Waals surface area contributed by atoms with Gasteiger partial charge in [0.05, 0.1) is 0 Å². The van der Waals surface area contributed by atoms with E-state index in [1.165, 1.54) is 0 Å². The molecule has 0 spiro atoms. The Morgan fingerprint density at radius 1 is 1.08 bits per heavy atom. The molecule has 0 heterocycles. The number of rotatable bonds is 8. The van der Waals surface area contributed by atoms with Gasteiger partial charge in [-0.3, -0.25) is 4.70 Å². The van der Waals surface area contributed by atoms with Crippen molar-refractivity contribution >= 4 is 30.7 Å². The molecule has 0 aromatic carbocycles. The maximum atomic E-state index is 5.71. The first-order chi connectivity index (χ1) is 5.85. The summed E-state index contributed by atoms with van der Waals surface area (Å²) in [5.41, 5.74) is 0. The molecule has 0 amide bonds. The summed E-state index contributed by atoms with van der Waals surface area (Å²) < 4.78 is 15.7. The van der Waals surface area contributed by atoms with Crippen molar-refractivity contribution in [3.63, 3.8) is 0 Å². The summed E-state index contributed by atoms with van der Waals surface area (Å²) >= 11 is -1.76. The van der Waals surface area contributed by atoms with Gasteiger partial charge in [-0.15, -0.1) is 0 Å². The molecule has 0 aliphatic heterocycles. The molecule has 0 atom stereocenters. The smallest absolute Gasteiger partial charge is 0.601 e. The Morgan fingerprint density at radius 2 is 1.62 bits per heavy atom. The quantitative estimate of drug-likeness (QED) is 0.374. The highest BCUT2D eigenvalue weighted by Gasteiger charge is 2.20. The van der Waals surface area contributed by atoms with Crippen molar-refractivity contribution in [2.24, 2.45) is 0 Å². The van der Waals surface area contributed by atoms with Crippen LogP contribution in [0.25, 0.3) is 0 Å². The van der Waals surface area contributed by atoms with Crippen LogP contribution in [0.5, 0.6) is 0 Å². The van der Waals surface area contributed by atoms with Crippen LogP contribution in [-0.2, 0) is 2.84 Å². The zero-order valence-electron chi connectivity index (χ0n) is 8.72. The SMILES string of the molecule is CC[NH][AlH][O][Al]([NH]CC)[NH]CC.F. The molecule has 0 radical (unpaired) electrons. The van der Waals surface area contributed by atoms with Crippen LogP contribution in [-0.4, -0.2) is 50.3 Å². The number of nitrogens with one attached hydrogen (secondary N) is 3. The van der Waals surface area contributed by atoms with Crippen LogP contribution in [0.15, 0.2) is 0 Å². The van der Waals surface area contributed by atoms with Gasteiger partial charge in [-0.05, 0) is 19.6 Å². The van der Waals surface area contributed by atoms with Crippen molar-refractivity contribution in [1.82, 2.24) is 12.9 Å². The lowest BCUT2D eigenvalue weighted by Gasteiger charge is -2.12. The van der Waals surface area contributed by atoms with Gasteiger partial charge < -0.3 is 15.7 Å². The lowest BCUT2D eigenvalue weighted by molar-refractivity contribution is 0.546. The van der Waals surface area contributed by atoms with E-state index in [1.807, 2.05) is 0 Å². The molecule has 0 aromatic heterocycles. The minimum absolute atomic E-state index is 0. The van der Waals surface area contributed by atoms with Crippen LogP contribution < -0.4 is 12.9 Å². The minimum atomic E-state index is -1.27. The normalized spacial score (nSPS) is 9.15. The number of hydrogen-bond acceptors (Lipinski definition) is 4. The Hall–Kier alpha value is 0.835. The fraction of sp³-hybridized carbons (Fsp3) is 1.00. The van der Waals surface area contributed by atoms with Gasteiger partial charge in [0.1, 0.15) is 0 Å². The molecule has 0 aliphatic carbocycles. The maximum Gasteiger partial charge on any atom is 0.668 e. The zero-order valence-corrected chi connectivity index (χ0v) is 11.3. The summed E-state index contributed by atoms with van der Waals surface area (Å²) in [5, 5.41) is 0. The first-order valence-corrected chi connectivity index (χ1v) is 7.55. The molecule has 78 valence electrons. The van der Waals surface area contributed by atoms with Crippen molar-refractivity contribution in [3.05, 3.63) is 0 Å². The Labute approximate surface area is 91.6 Å². The van der Waals surface area contributed by atoms with Gasteiger partial charge >= 0.3 is 30.7 Å². The van der Waals surface area contributed by atoms with Crippen LogP contribution in [0.1, 0.15) is 20.8 Å². The van der Waals surface area contributed by atoms with Crippen molar-refractivity contribution in [1.29, 1.82) is 0 Å². The molecule has 0 bridgehead atoms. The summed E-state index contributed by atoms with van der Waals surface area (Å²) in [6.07, 6.45) is 0. The summed E-state index contributed by atoms with van der Waals surface area (Å²) in [4.78, 5) is 0. The van der Waals surface area contributed by atoms with E-state index < -0.39 is 30.7 Å². The standard InChI is InChI=1S/3C2H6N.2Al.FH.O.H/c3*1-2-3;;;;;/h3*3H,2H2,1H3;;;1H;;/q3*-1;+1;+2;;;. The second kappa shape index (κ2) is 12.8. The molecule has 0 saturated heterocycles. The van der Waals surface area contributed by atoms with Crippen LogP contribution in [0.3, 0.4) is 0 Å². The first kappa shape index (κ1) is 16.3. The summed E-state index contributed by atoms with van der Waals surface area (Å²) in [6, 6.07) is 0. The molecule has 13 heavy (non-hydrogen) atoms. The minimum Gasteiger partial charge on any atom is -0.601 e. The van der Waals surface area contributed by atoms with E-state index in [9.17, 15) is 0 Å². The maximum absolute atomic E-state index is 5.71. The third-order valence-corrected chi connectivity index (χ3v) is 5.64. The van der Waals surface area contributed by atoms with E-state index in [0.29, 0.717) is 0 Å². The Kier molecular flexibility index (Phi) is 16.1. The molecule has 7 heteroatoms. The highest BCUT2D eigenvalue weighted by molar-refractivity contribution is 6.53. The van der Waals surface area contributed by atoms with E-state index in [1.54, 1.807) is 0 Å². The lowest BCUT2D eigenvalue weighted by atomic mass is 10.8. The van der Waals surface area contributed by atoms with Crippen LogP contribution in [0.2, 0.25) is 0 Å². The third-order valence-electron chi connectivity index (χ3n) is 1.38. The van der Waals surface area contributed by atoms with E-state index in [-0.39, 0.29) is 4.70 Å². The first-order valence-electron chi connectivity index (χ1n) is 4.64. The molecule has 4 nitrogen and oxygen atoms in total. The number of hydrogen-bond donors (Lipinski definition) is 3. The molecule has 0 aliphatic rings. The van der Waals surface area contributed by atoms with E-state index in [0.717, 1.165) is 19.6 Å². The molecule has 0 aromatic rings. The third kappa shape index (κ3) is 10.8. The fourth-order valence-corrected chi connectivity index (χ4v) is 3.98. The molecule has 0 fully saturated rings. The highest BCUT2D eigenvalue weighted by atomic mass is 27.3. The highest BCUT2D eigenvalue weighted by Crippen LogP contribution is 1.73. The predicted molar refractivity (Wildman–Crippen MR) is 57.5 cm³/mol. The Balaban J connectivity index is 0. The average Bonchev–Trinajstić information content (AvgIpc) is 2.06. The van der Waals surface area contributed by atoms with Crippen molar-refractivity contribution < 1.29 is 7.54 Å². The van der Waals surface area contributed by atoms with Gasteiger partial charge in [-0.25, -0.2) is 0 Å². The molecule has 0 rings (SSSR count). The van der Waals surface area contributed by atoms with E-state index >= 15 is 0 Å². The fourth-order valence-electron chi connectivity index (χ4n) is 0.805. The van der Waals surface area contributed by atoms with Gasteiger partial charge in [0.15, 0.2) is 0 Å². The average molecular weight is 223 g/mol. The lowest BCUT2D eigenvalue weighted by Crippen LogP contribution is -2.51. The predicted octanol–water partition coefficient (Wildman–Crippen LogP) is -0.765. The van der Waals surface area contributed by atoms with E-state index in [4.69, 9.17) is 2.84 Å². The van der Waals surface area contributed by atoms with Gasteiger partial charge in [0, 0.05) is 0 Å². The molecule has 0 saturated carbocycles. The van der Waals surface area contributed by atoms with Gasteiger partial charge in [0.25, 0.3) is 0 Å². The second-order valence-corrected chi connectivity index (χ2v) is 6.11. The van der Waals surface area contributed by atoms with Gasteiger partial charge in [-0.2, -0.15) is 0 Å². The van der Waals surface area contributed by atoms with Crippen LogP contribution in [0.4, 0.5) is 4.70 Å². The van der Waals surface area contributed by atoms with Crippen molar-refractivity contribution in [2.45, 2.75) is 20.8 Å². The van der Waals surface area contributed by atoms with Gasteiger partial charge in [-0.1, -0.05) is 20.8 Å². The molecule has 3 N–H and O–H groups in total. The summed E-state index contributed by atoms with van der Waals surface area (Å²) in [7, 11) is 0. The number of halogens is 1. The topological polar surface area (TPSA) is 45.3 Å². The van der Waals surface area contributed by atoms with Crippen LogP contribution >= 0.6 is 0 Å². The Bertz CT molecular complexity index is 95.9. The zero-order chi connectivity index (χ0) is 9.23. The summed E-state index contributed by atoms with van der Waals surface area (Å²) in [6.45, 7) is 9.32. The van der Waals surface area contributed by atoms with Crippen LogP contribution in [0, 0.1) is 0 Å². The monoisotopic (exact) mass is 223 g/mol. The van der Waals surface area contributed by atoms with Gasteiger partial charge in [0.2, 0.25) is 0 Å². The van der Waals surface area contributed by atoms with Crippen molar-refractivity contribution in [3.8, 4) is 0 Å².